The first-order chi connectivity index (χ1) is 13.3. The summed E-state index contributed by atoms with van der Waals surface area (Å²) >= 11 is 0. The number of rotatable bonds is 5. The van der Waals surface area contributed by atoms with Crippen molar-refractivity contribution in [3.05, 3.63) is 72.1 Å². The van der Waals surface area contributed by atoms with Crippen molar-refractivity contribution in [1.82, 2.24) is 20.1 Å². The fraction of sp³-hybridized carbons (Fsp3) is 0.318. The van der Waals surface area contributed by atoms with Crippen LogP contribution in [0, 0.1) is 5.92 Å². The van der Waals surface area contributed by atoms with Gasteiger partial charge in [0.15, 0.2) is 0 Å². The zero-order valence-electron chi connectivity index (χ0n) is 15.3. The largest absolute Gasteiger partial charge is 0.339 e. The number of amides is 1. The van der Waals surface area contributed by atoms with Crippen molar-refractivity contribution in [1.29, 1.82) is 0 Å². The highest BCUT2D eigenvalue weighted by Crippen LogP contribution is 2.24. The number of hydrogen-bond donors (Lipinski definition) is 1. The molecule has 0 unspecified atom stereocenters. The minimum atomic E-state index is 0.0835. The second-order valence-corrected chi connectivity index (χ2v) is 7.16. The number of likely N-dealkylation sites (tertiary alicyclic amines) is 1. The van der Waals surface area contributed by atoms with Crippen LogP contribution in [0.3, 0.4) is 0 Å². The first-order valence-corrected chi connectivity index (χ1v) is 9.58. The second-order valence-electron chi connectivity index (χ2n) is 7.16. The molecule has 1 aliphatic heterocycles. The van der Waals surface area contributed by atoms with Crippen LogP contribution in [-0.2, 0) is 6.42 Å². The SMILES string of the molecule is O=C(c1ccc(-c2ccn[nH]2)nc1)N1CCC(CCc2ccccc2)CC1. The van der Waals surface area contributed by atoms with Gasteiger partial charge in [-0.1, -0.05) is 30.3 Å². The van der Waals surface area contributed by atoms with E-state index in [4.69, 9.17) is 0 Å². The van der Waals surface area contributed by atoms with E-state index >= 15 is 0 Å². The van der Waals surface area contributed by atoms with Crippen LogP contribution in [0.1, 0.15) is 35.2 Å². The van der Waals surface area contributed by atoms with Gasteiger partial charge in [-0.15, -0.1) is 0 Å². The maximum absolute atomic E-state index is 12.7. The average Bonchev–Trinajstić information content (AvgIpc) is 3.28. The minimum absolute atomic E-state index is 0.0835. The Morgan fingerprint density at radius 2 is 1.89 bits per heavy atom. The van der Waals surface area contributed by atoms with Gasteiger partial charge in [0.2, 0.25) is 0 Å². The Morgan fingerprint density at radius 3 is 2.56 bits per heavy atom. The van der Waals surface area contributed by atoms with E-state index in [1.165, 1.54) is 12.0 Å². The number of benzene rings is 1. The molecular formula is C22H24N4O. The van der Waals surface area contributed by atoms with Gasteiger partial charge in [0.25, 0.3) is 5.91 Å². The highest BCUT2D eigenvalue weighted by atomic mass is 16.2. The molecule has 1 N–H and O–H groups in total. The lowest BCUT2D eigenvalue weighted by molar-refractivity contribution is 0.0686. The molecule has 0 aliphatic carbocycles. The van der Waals surface area contributed by atoms with Gasteiger partial charge < -0.3 is 4.90 Å². The standard InChI is InChI=1S/C22H24N4O/c27-22(19-8-9-20(23-16-19)21-10-13-24-25-21)26-14-11-18(12-15-26)7-6-17-4-2-1-3-5-17/h1-5,8-10,13,16,18H,6-7,11-12,14-15H2,(H,24,25). The van der Waals surface area contributed by atoms with Gasteiger partial charge in [0.1, 0.15) is 0 Å². The van der Waals surface area contributed by atoms with Gasteiger partial charge in [-0.3, -0.25) is 14.9 Å². The van der Waals surface area contributed by atoms with E-state index in [0.29, 0.717) is 11.5 Å². The summed E-state index contributed by atoms with van der Waals surface area (Å²) in [6, 6.07) is 16.2. The van der Waals surface area contributed by atoms with Gasteiger partial charge in [-0.2, -0.15) is 5.10 Å². The monoisotopic (exact) mass is 360 g/mol. The summed E-state index contributed by atoms with van der Waals surface area (Å²) in [6.45, 7) is 1.67. The number of carbonyl (C=O) groups excluding carboxylic acids is 1. The predicted octanol–water partition coefficient (Wildman–Crippen LogP) is 3.96. The van der Waals surface area contributed by atoms with E-state index in [1.54, 1.807) is 12.4 Å². The van der Waals surface area contributed by atoms with Crippen LogP contribution < -0.4 is 0 Å². The highest BCUT2D eigenvalue weighted by Gasteiger charge is 2.23. The molecule has 1 aliphatic rings. The topological polar surface area (TPSA) is 61.9 Å². The molecule has 0 bridgehead atoms. The molecule has 4 rings (SSSR count). The predicted molar refractivity (Wildman–Crippen MR) is 105 cm³/mol. The van der Waals surface area contributed by atoms with E-state index in [-0.39, 0.29) is 5.91 Å². The zero-order valence-corrected chi connectivity index (χ0v) is 15.3. The molecule has 1 aromatic carbocycles. The van der Waals surface area contributed by atoms with Gasteiger partial charge >= 0.3 is 0 Å². The molecular weight excluding hydrogens is 336 g/mol. The second kappa shape index (κ2) is 8.16. The zero-order chi connectivity index (χ0) is 18.5. The third-order valence-corrected chi connectivity index (χ3v) is 5.37. The van der Waals surface area contributed by atoms with Crippen molar-refractivity contribution < 1.29 is 4.79 Å². The third kappa shape index (κ3) is 4.25. The van der Waals surface area contributed by atoms with Crippen molar-refractivity contribution in [2.75, 3.05) is 13.1 Å². The molecule has 3 heterocycles. The summed E-state index contributed by atoms with van der Waals surface area (Å²) in [6.07, 6.45) is 7.85. The van der Waals surface area contributed by atoms with E-state index in [2.05, 4.69) is 45.5 Å². The summed E-state index contributed by atoms with van der Waals surface area (Å²) in [5.74, 6) is 0.787. The highest BCUT2D eigenvalue weighted by molar-refractivity contribution is 5.94. The van der Waals surface area contributed by atoms with Crippen LogP contribution in [0.2, 0.25) is 0 Å². The number of nitrogens with one attached hydrogen (secondary N) is 1. The lowest BCUT2D eigenvalue weighted by atomic mass is 9.90. The van der Waals surface area contributed by atoms with Crippen LogP contribution in [0.25, 0.3) is 11.4 Å². The Labute approximate surface area is 159 Å². The molecule has 27 heavy (non-hydrogen) atoms. The molecule has 1 amide bonds. The molecule has 0 saturated carbocycles. The maximum atomic E-state index is 12.7. The van der Waals surface area contributed by atoms with Crippen molar-refractivity contribution in [3.63, 3.8) is 0 Å². The lowest BCUT2D eigenvalue weighted by Crippen LogP contribution is -2.38. The molecule has 1 fully saturated rings. The normalized spacial score (nSPS) is 15.0. The third-order valence-electron chi connectivity index (χ3n) is 5.37. The fourth-order valence-corrected chi connectivity index (χ4v) is 3.70. The fourth-order valence-electron chi connectivity index (χ4n) is 3.70. The van der Waals surface area contributed by atoms with E-state index in [1.807, 2.05) is 23.1 Å². The summed E-state index contributed by atoms with van der Waals surface area (Å²) < 4.78 is 0. The number of hydrogen-bond acceptors (Lipinski definition) is 3. The Hall–Kier alpha value is -2.95. The van der Waals surface area contributed by atoms with Crippen molar-refractivity contribution in [2.45, 2.75) is 25.7 Å². The molecule has 0 atom stereocenters. The van der Waals surface area contributed by atoms with Gasteiger partial charge in [0, 0.05) is 25.5 Å². The molecule has 138 valence electrons. The Kier molecular flexibility index (Phi) is 5.28. The molecule has 0 spiro atoms. The van der Waals surface area contributed by atoms with Gasteiger partial charge in [-0.05, 0) is 55.4 Å². The van der Waals surface area contributed by atoms with Crippen LogP contribution in [0.5, 0.6) is 0 Å². The van der Waals surface area contributed by atoms with Crippen molar-refractivity contribution in [3.8, 4) is 11.4 Å². The molecule has 2 aromatic heterocycles. The van der Waals surface area contributed by atoms with Crippen LogP contribution in [-0.4, -0.2) is 39.1 Å². The lowest BCUT2D eigenvalue weighted by Gasteiger charge is -2.32. The minimum Gasteiger partial charge on any atom is -0.339 e. The smallest absolute Gasteiger partial charge is 0.255 e. The molecule has 5 nitrogen and oxygen atoms in total. The number of aromatic amines is 1. The summed E-state index contributed by atoms with van der Waals surface area (Å²) in [5.41, 5.74) is 3.71. The number of nitrogens with zero attached hydrogens (tertiary/aromatic N) is 3. The first-order valence-electron chi connectivity index (χ1n) is 9.58. The first kappa shape index (κ1) is 17.5. The molecule has 5 heteroatoms. The summed E-state index contributed by atoms with van der Waals surface area (Å²) in [5, 5.41) is 6.82. The maximum Gasteiger partial charge on any atom is 0.255 e. The number of H-pyrrole nitrogens is 1. The Bertz CT molecular complexity index is 851. The average molecular weight is 360 g/mol. The molecule has 0 radical (unpaired) electrons. The van der Waals surface area contributed by atoms with E-state index in [0.717, 1.165) is 43.7 Å². The number of aromatic nitrogens is 3. The Balaban J connectivity index is 1.29. The quantitative estimate of drug-likeness (QED) is 0.749. The number of piperidine rings is 1. The van der Waals surface area contributed by atoms with E-state index in [9.17, 15) is 4.79 Å². The van der Waals surface area contributed by atoms with Crippen LogP contribution in [0.15, 0.2) is 60.9 Å². The Morgan fingerprint density at radius 1 is 1.07 bits per heavy atom. The summed E-state index contributed by atoms with van der Waals surface area (Å²) in [7, 11) is 0. The number of pyridine rings is 1. The van der Waals surface area contributed by atoms with Crippen molar-refractivity contribution in [2.24, 2.45) is 5.92 Å². The van der Waals surface area contributed by atoms with Gasteiger partial charge in [0.05, 0.1) is 17.0 Å². The summed E-state index contributed by atoms with van der Waals surface area (Å²) in [4.78, 5) is 19.1. The number of aryl methyl sites for hydroxylation is 1. The number of carbonyl (C=O) groups is 1. The van der Waals surface area contributed by atoms with Crippen LogP contribution >= 0.6 is 0 Å². The molecule has 1 saturated heterocycles. The van der Waals surface area contributed by atoms with Crippen LogP contribution in [0.4, 0.5) is 0 Å². The van der Waals surface area contributed by atoms with Crippen molar-refractivity contribution >= 4 is 5.91 Å². The molecule has 3 aromatic rings. The van der Waals surface area contributed by atoms with Gasteiger partial charge in [-0.25, -0.2) is 0 Å². The van der Waals surface area contributed by atoms with E-state index < -0.39 is 0 Å².